The van der Waals surface area contributed by atoms with Crippen molar-refractivity contribution in [2.45, 2.75) is 20.0 Å². The summed E-state index contributed by atoms with van der Waals surface area (Å²) in [4.78, 5) is 5.62. The lowest BCUT2D eigenvalue weighted by Gasteiger charge is -2.15. The van der Waals surface area contributed by atoms with Gasteiger partial charge in [0.05, 0.1) is 11.0 Å². The largest absolute Gasteiger partial charge is 0.485 e. The maximum absolute atomic E-state index is 6.30. The van der Waals surface area contributed by atoms with Crippen molar-refractivity contribution in [1.82, 2.24) is 9.55 Å². The zero-order chi connectivity index (χ0) is 18.3. The van der Waals surface area contributed by atoms with Crippen LogP contribution in [0.3, 0.4) is 0 Å². The van der Waals surface area contributed by atoms with E-state index in [1.54, 1.807) is 11.3 Å². The average Bonchev–Trinajstić information content (AvgIpc) is 3.18. The summed E-state index contributed by atoms with van der Waals surface area (Å²) in [5.74, 6) is 0.872. The van der Waals surface area contributed by atoms with Crippen molar-refractivity contribution in [3.8, 4) is 10.8 Å². The van der Waals surface area contributed by atoms with Gasteiger partial charge in [-0.25, -0.2) is 4.98 Å². The van der Waals surface area contributed by atoms with Gasteiger partial charge >= 0.3 is 0 Å². The Morgan fingerprint density at radius 3 is 2.81 bits per heavy atom. The fraction of sp³-hybridized carbons (Fsp3) is 0.150. The SMILES string of the molecule is Cc1sc(-n2cnc3cc(Br)ccc32)cc1O[C@H](C)c1ccccc1Cl. The Morgan fingerprint density at radius 1 is 1.19 bits per heavy atom. The van der Waals surface area contributed by atoms with Crippen LogP contribution in [0.5, 0.6) is 5.75 Å². The third-order valence-corrected chi connectivity index (χ3v) is 6.12. The van der Waals surface area contributed by atoms with E-state index in [1.165, 1.54) is 0 Å². The van der Waals surface area contributed by atoms with Crippen LogP contribution >= 0.6 is 38.9 Å². The summed E-state index contributed by atoms with van der Waals surface area (Å²) in [7, 11) is 0. The van der Waals surface area contributed by atoms with Crippen molar-refractivity contribution in [3.63, 3.8) is 0 Å². The Morgan fingerprint density at radius 2 is 2.00 bits per heavy atom. The summed E-state index contributed by atoms with van der Waals surface area (Å²) in [5, 5.41) is 1.80. The number of imidazole rings is 1. The molecule has 0 aliphatic rings. The molecule has 0 amide bonds. The molecule has 4 aromatic rings. The quantitative estimate of drug-likeness (QED) is 0.338. The Hall–Kier alpha value is -1.82. The lowest BCUT2D eigenvalue weighted by atomic mass is 10.1. The topological polar surface area (TPSA) is 27.1 Å². The van der Waals surface area contributed by atoms with Gasteiger partial charge in [0.25, 0.3) is 0 Å². The molecule has 0 saturated heterocycles. The molecule has 6 heteroatoms. The first kappa shape index (κ1) is 17.6. The summed E-state index contributed by atoms with van der Waals surface area (Å²) in [6, 6.07) is 16.0. The van der Waals surface area contributed by atoms with E-state index in [-0.39, 0.29) is 6.10 Å². The van der Waals surface area contributed by atoms with Crippen LogP contribution in [0.4, 0.5) is 0 Å². The van der Waals surface area contributed by atoms with E-state index in [4.69, 9.17) is 16.3 Å². The summed E-state index contributed by atoms with van der Waals surface area (Å²) >= 11 is 11.5. The minimum absolute atomic E-state index is 0.125. The molecule has 2 aromatic carbocycles. The second kappa shape index (κ2) is 7.06. The molecule has 0 aliphatic heterocycles. The zero-order valence-corrected chi connectivity index (χ0v) is 17.4. The molecule has 0 spiro atoms. The predicted octanol–water partition coefficient (Wildman–Crippen LogP) is 6.95. The fourth-order valence-electron chi connectivity index (χ4n) is 2.91. The molecular formula is C20H16BrClN2OS. The van der Waals surface area contributed by atoms with E-state index in [0.717, 1.165) is 41.7 Å². The molecule has 26 heavy (non-hydrogen) atoms. The second-order valence-electron chi connectivity index (χ2n) is 6.03. The van der Waals surface area contributed by atoms with Crippen LogP contribution in [0.2, 0.25) is 5.02 Å². The lowest BCUT2D eigenvalue weighted by Crippen LogP contribution is -2.03. The number of fused-ring (bicyclic) bond motifs is 1. The van der Waals surface area contributed by atoms with Gasteiger partial charge in [-0.2, -0.15) is 0 Å². The lowest BCUT2D eigenvalue weighted by molar-refractivity contribution is 0.226. The molecule has 1 atom stereocenters. The molecule has 0 aliphatic carbocycles. The first-order valence-corrected chi connectivity index (χ1v) is 10.2. The molecule has 132 valence electrons. The van der Waals surface area contributed by atoms with Crippen LogP contribution < -0.4 is 4.74 Å². The number of aromatic nitrogens is 2. The van der Waals surface area contributed by atoms with E-state index in [1.807, 2.05) is 49.6 Å². The van der Waals surface area contributed by atoms with Crippen LogP contribution in [-0.2, 0) is 0 Å². The van der Waals surface area contributed by atoms with Gasteiger partial charge in [0.1, 0.15) is 23.2 Å². The molecule has 0 saturated carbocycles. The molecule has 0 fully saturated rings. The van der Waals surface area contributed by atoms with Gasteiger partial charge in [0, 0.05) is 26.0 Å². The standard InChI is InChI=1S/C20H16BrClN2OS/c1-12(15-5-3-4-6-16(15)22)25-19-10-20(26-13(19)2)24-11-23-17-9-14(21)7-8-18(17)24/h3-12H,1-2H3/t12-/m1/s1. The number of nitrogens with zero attached hydrogens (tertiary/aromatic N) is 2. The van der Waals surface area contributed by atoms with Crippen molar-refractivity contribution in [3.05, 3.63) is 74.8 Å². The highest BCUT2D eigenvalue weighted by Crippen LogP contribution is 2.36. The van der Waals surface area contributed by atoms with Crippen molar-refractivity contribution in [1.29, 1.82) is 0 Å². The van der Waals surface area contributed by atoms with Crippen LogP contribution in [0.1, 0.15) is 23.5 Å². The minimum atomic E-state index is -0.125. The highest BCUT2D eigenvalue weighted by atomic mass is 79.9. The monoisotopic (exact) mass is 446 g/mol. The normalized spacial score (nSPS) is 12.5. The molecule has 4 rings (SSSR count). The Kier molecular flexibility index (Phi) is 4.78. The molecule has 0 N–H and O–H groups in total. The van der Waals surface area contributed by atoms with Gasteiger partial charge in [-0.1, -0.05) is 45.7 Å². The van der Waals surface area contributed by atoms with Crippen LogP contribution in [0.15, 0.2) is 59.3 Å². The Balaban J connectivity index is 1.66. The van der Waals surface area contributed by atoms with Gasteiger partial charge in [0.2, 0.25) is 0 Å². The third kappa shape index (κ3) is 3.27. The Bertz CT molecular complexity index is 1090. The highest BCUT2D eigenvalue weighted by molar-refractivity contribution is 9.10. The van der Waals surface area contributed by atoms with E-state index < -0.39 is 0 Å². The average molecular weight is 448 g/mol. The number of hydrogen-bond donors (Lipinski definition) is 0. The number of benzene rings is 2. The highest BCUT2D eigenvalue weighted by Gasteiger charge is 2.16. The van der Waals surface area contributed by atoms with Crippen LogP contribution in [-0.4, -0.2) is 9.55 Å². The van der Waals surface area contributed by atoms with Gasteiger partial charge < -0.3 is 4.74 Å². The second-order valence-corrected chi connectivity index (χ2v) is 8.59. The number of thiophene rings is 1. The number of rotatable bonds is 4. The smallest absolute Gasteiger partial charge is 0.136 e. The van der Waals surface area contributed by atoms with Gasteiger partial charge in [-0.05, 0) is 38.1 Å². The van der Waals surface area contributed by atoms with Crippen LogP contribution in [0.25, 0.3) is 16.0 Å². The first-order chi connectivity index (χ1) is 12.5. The molecule has 0 unspecified atom stereocenters. The predicted molar refractivity (Wildman–Crippen MR) is 112 cm³/mol. The maximum atomic E-state index is 6.30. The number of hydrogen-bond acceptors (Lipinski definition) is 3. The van der Waals surface area contributed by atoms with E-state index in [0.29, 0.717) is 0 Å². The summed E-state index contributed by atoms with van der Waals surface area (Å²) in [6.07, 6.45) is 1.73. The first-order valence-electron chi connectivity index (χ1n) is 8.17. The third-order valence-electron chi connectivity index (χ3n) is 4.25. The van der Waals surface area contributed by atoms with Gasteiger partial charge in [0.15, 0.2) is 0 Å². The molecule has 2 heterocycles. The molecule has 2 aromatic heterocycles. The Labute approximate surface area is 169 Å². The number of halogens is 2. The van der Waals surface area contributed by atoms with Crippen molar-refractivity contribution in [2.24, 2.45) is 0 Å². The van der Waals surface area contributed by atoms with Crippen molar-refractivity contribution in [2.75, 3.05) is 0 Å². The maximum Gasteiger partial charge on any atom is 0.136 e. The molecule has 3 nitrogen and oxygen atoms in total. The molecular weight excluding hydrogens is 432 g/mol. The van der Waals surface area contributed by atoms with E-state index >= 15 is 0 Å². The van der Waals surface area contributed by atoms with E-state index in [2.05, 4.69) is 44.5 Å². The molecule has 0 bridgehead atoms. The van der Waals surface area contributed by atoms with E-state index in [9.17, 15) is 0 Å². The fourth-order valence-corrected chi connectivity index (χ4v) is 4.48. The van der Waals surface area contributed by atoms with Crippen molar-refractivity contribution < 1.29 is 4.74 Å². The van der Waals surface area contributed by atoms with Gasteiger partial charge in [-0.3, -0.25) is 4.57 Å². The van der Waals surface area contributed by atoms with Crippen molar-refractivity contribution >= 4 is 49.9 Å². The molecule has 0 radical (unpaired) electrons. The summed E-state index contributed by atoms with van der Waals surface area (Å²) in [5.41, 5.74) is 3.01. The zero-order valence-electron chi connectivity index (χ0n) is 14.2. The van der Waals surface area contributed by atoms with Crippen LogP contribution in [0, 0.1) is 6.92 Å². The summed E-state index contributed by atoms with van der Waals surface area (Å²) < 4.78 is 9.32. The number of aryl methyl sites for hydroxylation is 1. The summed E-state index contributed by atoms with van der Waals surface area (Å²) in [6.45, 7) is 4.08. The van der Waals surface area contributed by atoms with Gasteiger partial charge in [-0.15, -0.1) is 11.3 Å². The minimum Gasteiger partial charge on any atom is -0.485 e. The number of ether oxygens (including phenoxy) is 1.